The molecule has 1 aliphatic heterocycles. The van der Waals surface area contributed by atoms with Crippen molar-refractivity contribution >= 4 is 22.7 Å². The number of ether oxygens (including phenoxy) is 3. The minimum Gasteiger partial charge on any atom is -0.497 e. The van der Waals surface area contributed by atoms with Crippen LogP contribution in [0.4, 0.5) is 11.5 Å². The average molecular weight is 370 g/mol. The maximum atomic E-state index is 5.43. The van der Waals surface area contributed by atoms with Gasteiger partial charge in [-0.05, 0) is 0 Å². The first kappa shape index (κ1) is 17.3. The largest absolute Gasteiger partial charge is 0.497 e. The van der Waals surface area contributed by atoms with Gasteiger partial charge < -0.3 is 28.4 Å². The van der Waals surface area contributed by atoms with Crippen LogP contribution in [0.15, 0.2) is 34.9 Å². The summed E-state index contributed by atoms with van der Waals surface area (Å²) < 4.78 is 21.5. The van der Waals surface area contributed by atoms with E-state index >= 15 is 0 Å². The highest BCUT2D eigenvalue weighted by Gasteiger charge is 2.23. The molecule has 0 radical (unpaired) electrons. The Kier molecular flexibility index (Phi) is 4.62. The molecule has 142 valence electrons. The van der Waals surface area contributed by atoms with E-state index in [0.29, 0.717) is 11.6 Å². The predicted molar refractivity (Wildman–Crippen MR) is 102 cm³/mol. The van der Waals surface area contributed by atoms with E-state index in [4.69, 9.17) is 18.6 Å². The van der Waals surface area contributed by atoms with Gasteiger partial charge >= 0.3 is 0 Å². The maximum Gasteiger partial charge on any atom is 0.260 e. The van der Waals surface area contributed by atoms with Gasteiger partial charge in [0.25, 0.3) is 5.88 Å². The molecular weight excluding hydrogens is 348 g/mol. The van der Waals surface area contributed by atoms with Crippen LogP contribution in [0.1, 0.15) is 0 Å². The number of benzene rings is 1. The van der Waals surface area contributed by atoms with Crippen molar-refractivity contribution < 1.29 is 18.6 Å². The topological polar surface area (TPSA) is 73.1 Å². The fraction of sp³-hybridized carbons (Fsp3) is 0.368. The molecule has 1 aromatic carbocycles. The molecule has 0 N–H and O–H groups in total. The Morgan fingerprint density at radius 3 is 2.15 bits per heavy atom. The number of fused-ring (bicyclic) bond motifs is 1. The molecule has 2 aromatic heterocycles. The molecule has 27 heavy (non-hydrogen) atoms. The lowest BCUT2D eigenvalue weighted by Crippen LogP contribution is -2.47. The molecule has 3 aromatic rings. The Morgan fingerprint density at radius 2 is 1.52 bits per heavy atom. The maximum absolute atomic E-state index is 5.43. The molecule has 8 heteroatoms. The predicted octanol–water partition coefficient (Wildman–Crippen LogP) is 2.58. The van der Waals surface area contributed by atoms with E-state index in [0.717, 1.165) is 54.7 Å². The average Bonchev–Trinajstić information content (AvgIpc) is 3.19. The van der Waals surface area contributed by atoms with Crippen LogP contribution < -0.4 is 24.0 Å². The third kappa shape index (κ3) is 3.30. The minimum absolute atomic E-state index is 0.481. The van der Waals surface area contributed by atoms with E-state index in [1.807, 2.05) is 24.3 Å². The van der Waals surface area contributed by atoms with Crippen molar-refractivity contribution in [3.05, 3.63) is 30.5 Å². The van der Waals surface area contributed by atoms with Crippen LogP contribution in [0.3, 0.4) is 0 Å². The highest BCUT2D eigenvalue weighted by atomic mass is 16.5. The van der Waals surface area contributed by atoms with Gasteiger partial charge in [-0.1, -0.05) is 0 Å². The molecule has 0 unspecified atom stereocenters. The zero-order valence-corrected chi connectivity index (χ0v) is 15.6. The Bertz CT molecular complexity index is 912. The number of methoxy groups -OCH3 is 3. The quantitative estimate of drug-likeness (QED) is 0.679. The number of hydrogen-bond donors (Lipinski definition) is 0. The molecule has 0 amide bonds. The van der Waals surface area contributed by atoms with E-state index in [1.165, 1.54) is 0 Å². The molecule has 3 heterocycles. The van der Waals surface area contributed by atoms with E-state index in [9.17, 15) is 0 Å². The SMILES string of the molecule is COc1cc(OC)cc(N2CCN(c3nc4ccoc4nc3OC)CC2)c1. The first-order valence-corrected chi connectivity index (χ1v) is 8.74. The fourth-order valence-corrected chi connectivity index (χ4v) is 3.26. The molecule has 0 saturated carbocycles. The second kappa shape index (κ2) is 7.22. The Hall–Kier alpha value is -3.16. The molecule has 1 saturated heterocycles. The van der Waals surface area contributed by atoms with Crippen LogP contribution in [-0.4, -0.2) is 57.5 Å². The smallest absolute Gasteiger partial charge is 0.260 e. The van der Waals surface area contributed by atoms with Crippen LogP contribution in [0.2, 0.25) is 0 Å². The van der Waals surface area contributed by atoms with Crippen LogP contribution in [0.25, 0.3) is 11.2 Å². The number of hydrogen-bond acceptors (Lipinski definition) is 8. The van der Waals surface area contributed by atoms with Gasteiger partial charge in [0.15, 0.2) is 5.82 Å². The highest BCUT2D eigenvalue weighted by Crippen LogP contribution is 2.31. The van der Waals surface area contributed by atoms with Crippen LogP contribution in [0, 0.1) is 0 Å². The summed E-state index contributed by atoms with van der Waals surface area (Å²) in [7, 11) is 4.92. The molecule has 4 rings (SSSR count). The lowest BCUT2D eigenvalue weighted by molar-refractivity contribution is 0.393. The summed E-state index contributed by atoms with van der Waals surface area (Å²) in [4.78, 5) is 13.6. The van der Waals surface area contributed by atoms with E-state index in [2.05, 4.69) is 19.8 Å². The van der Waals surface area contributed by atoms with E-state index in [-0.39, 0.29) is 0 Å². The summed E-state index contributed by atoms with van der Waals surface area (Å²) in [5, 5.41) is 0. The van der Waals surface area contributed by atoms with E-state index in [1.54, 1.807) is 27.6 Å². The van der Waals surface area contributed by atoms with Crippen molar-refractivity contribution in [2.75, 3.05) is 57.3 Å². The van der Waals surface area contributed by atoms with Crippen LogP contribution in [-0.2, 0) is 0 Å². The second-order valence-electron chi connectivity index (χ2n) is 6.21. The van der Waals surface area contributed by atoms with Crippen molar-refractivity contribution in [3.8, 4) is 17.4 Å². The summed E-state index contributed by atoms with van der Waals surface area (Å²) in [5.41, 5.74) is 2.29. The zero-order valence-electron chi connectivity index (χ0n) is 15.6. The van der Waals surface area contributed by atoms with Gasteiger partial charge in [-0.15, -0.1) is 0 Å². The number of nitrogens with zero attached hydrogens (tertiary/aromatic N) is 4. The van der Waals surface area contributed by atoms with E-state index < -0.39 is 0 Å². The van der Waals surface area contributed by atoms with Gasteiger partial charge in [0.05, 0.1) is 27.6 Å². The Labute approximate surface area is 157 Å². The van der Waals surface area contributed by atoms with Gasteiger partial charge in [-0.25, -0.2) is 4.98 Å². The van der Waals surface area contributed by atoms with Gasteiger partial charge in [0.2, 0.25) is 5.71 Å². The van der Waals surface area contributed by atoms with Gasteiger partial charge in [-0.3, -0.25) is 0 Å². The zero-order chi connectivity index (χ0) is 18.8. The summed E-state index contributed by atoms with van der Waals surface area (Å²) in [6.45, 7) is 3.27. The molecular formula is C19H22N4O4. The normalized spacial score (nSPS) is 14.5. The number of rotatable bonds is 5. The first-order valence-electron chi connectivity index (χ1n) is 8.74. The molecule has 0 atom stereocenters. The molecule has 0 bridgehead atoms. The van der Waals surface area contributed by atoms with Crippen molar-refractivity contribution in [2.24, 2.45) is 0 Å². The third-order valence-electron chi connectivity index (χ3n) is 4.72. The monoisotopic (exact) mass is 370 g/mol. The summed E-state index contributed by atoms with van der Waals surface area (Å²) in [6.07, 6.45) is 1.59. The van der Waals surface area contributed by atoms with Crippen molar-refractivity contribution in [1.82, 2.24) is 9.97 Å². The summed E-state index contributed by atoms with van der Waals surface area (Å²) >= 11 is 0. The van der Waals surface area contributed by atoms with Crippen LogP contribution >= 0.6 is 0 Å². The molecule has 8 nitrogen and oxygen atoms in total. The van der Waals surface area contributed by atoms with Crippen LogP contribution in [0.5, 0.6) is 17.4 Å². The Balaban J connectivity index is 1.54. The van der Waals surface area contributed by atoms with Gasteiger partial charge in [0.1, 0.15) is 17.0 Å². The highest BCUT2D eigenvalue weighted by molar-refractivity contribution is 5.72. The fourth-order valence-electron chi connectivity index (χ4n) is 3.26. The number of piperazine rings is 1. The molecule has 1 fully saturated rings. The number of aromatic nitrogens is 2. The lowest BCUT2D eigenvalue weighted by atomic mass is 10.2. The number of furan rings is 1. The Morgan fingerprint density at radius 1 is 0.852 bits per heavy atom. The standard InChI is InChI=1S/C19H22N4O4/c1-24-14-10-13(11-15(12-14)25-2)22-5-7-23(8-6-22)17-19(26-3)21-18-16(20-17)4-9-27-18/h4,9-12H,5-8H2,1-3H3. The lowest BCUT2D eigenvalue weighted by Gasteiger charge is -2.37. The molecule has 1 aliphatic rings. The van der Waals surface area contributed by atoms with Gasteiger partial charge in [0, 0.05) is 56.1 Å². The van der Waals surface area contributed by atoms with Crippen molar-refractivity contribution in [2.45, 2.75) is 0 Å². The first-order chi connectivity index (χ1) is 13.2. The van der Waals surface area contributed by atoms with Gasteiger partial charge in [-0.2, -0.15) is 4.98 Å². The summed E-state index contributed by atoms with van der Waals surface area (Å²) in [6, 6.07) is 7.73. The third-order valence-corrected chi connectivity index (χ3v) is 4.72. The second-order valence-corrected chi connectivity index (χ2v) is 6.21. The molecule has 0 aliphatic carbocycles. The number of anilines is 2. The molecule has 0 spiro atoms. The minimum atomic E-state index is 0.481. The summed E-state index contributed by atoms with van der Waals surface area (Å²) in [5.74, 6) is 2.79. The van der Waals surface area contributed by atoms with Crippen molar-refractivity contribution in [1.29, 1.82) is 0 Å². The van der Waals surface area contributed by atoms with Crippen molar-refractivity contribution in [3.63, 3.8) is 0 Å².